The smallest absolute Gasteiger partial charge is 0.225 e. The average molecular weight is 373 g/mol. The van der Waals surface area contributed by atoms with Gasteiger partial charge in [-0.3, -0.25) is 4.79 Å². The number of ether oxygens (including phenoxy) is 1. The van der Waals surface area contributed by atoms with Crippen molar-refractivity contribution >= 4 is 11.9 Å². The number of amides is 1. The van der Waals surface area contributed by atoms with Gasteiger partial charge in [-0.05, 0) is 37.7 Å². The maximum atomic E-state index is 12.9. The van der Waals surface area contributed by atoms with Gasteiger partial charge in [0.1, 0.15) is 6.10 Å². The summed E-state index contributed by atoms with van der Waals surface area (Å²) in [4.78, 5) is 26.3. The molecule has 2 aliphatic heterocycles. The van der Waals surface area contributed by atoms with Crippen LogP contribution in [0.2, 0.25) is 0 Å². The molecule has 1 aromatic rings. The molecule has 1 saturated carbocycles. The van der Waals surface area contributed by atoms with E-state index >= 15 is 0 Å². The lowest BCUT2D eigenvalue weighted by molar-refractivity contribution is -0.140. The van der Waals surface area contributed by atoms with Crippen LogP contribution in [0.1, 0.15) is 69.6 Å². The maximum absolute atomic E-state index is 12.9. The van der Waals surface area contributed by atoms with E-state index < -0.39 is 0 Å². The van der Waals surface area contributed by atoms with Crippen molar-refractivity contribution in [1.29, 1.82) is 0 Å². The third-order valence-corrected chi connectivity index (χ3v) is 6.24. The highest BCUT2D eigenvalue weighted by Gasteiger charge is 2.28. The summed E-state index contributed by atoms with van der Waals surface area (Å²) in [6.07, 6.45) is 12.5. The van der Waals surface area contributed by atoms with Crippen LogP contribution in [0.15, 0.2) is 12.3 Å². The quantitative estimate of drug-likeness (QED) is 0.759. The Morgan fingerprint density at radius 3 is 2.63 bits per heavy atom. The zero-order valence-corrected chi connectivity index (χ0v) is 16.3. The van der Waals surface area contributed by atoms with E-state index in [2.05, 4.69) is 9.88 Å². The molecule has 6 heteroatoms. The number of morpholine rings is 1. The highest BCUT2D eigenvalue weighted by atomic mass is 16.5. The fraction of sp³-hybridized carbons (Fsp3) is 0.762. The van der Waals surface area contributed by atoms with E-state index in [1.165, 1.54) is 51.4 Å². The summed E-state index contributed by atoms with van der Waals surface area (Å²) in [5, 5.41) is 0. The molecule has 6 nitrogen and oxygen atoms in total. The normalized spacial score (nSPS) is 24.8. The Bertz CT molecular complexity index is 624. The Labute approximate surface area is 162 Å². The van der Waals surface area contributed by atoms with Gasteiger partial charge in [0.2, 0.25) is 11.9 Å². The van der Waals surface area contributed by atoms with Crippen molar-refractivity contribution < 1.29 is 9.53 Å². The molecule has 27 heavy (non-hydrogen) atoms. The van der Waals surface area contributed by atoms with E-state index in [-0.39, 0.29) is 6.10 Å². The summed E-state index contributed by atoms with van der Waals surface area (Å²) in [5.41, 5.74) is 0.902. The number of hydrogen-bond acceptors (Lipinski definition) is 5. The molecule has 0 spiro atoms. The van der Waals surface area contributed by atoms with Crippen LogP contribution in [0.25, 0.3) is 0 Å². The molecule has 148 valence electrons. The SMILES string of the molecule is O=C(CC1CCCCCC1)N1CCOC(c2ccnc(N3CCCC3)n2)C1. The molecular formula is C21H32N4O2. The van der Waals surface area contributed by atoms with Gasteiger partial charge in [0.05, 0.1) is 18.8 Å². The van der Waals surface area contributed by atoms with Gasteiger partial charge in [-0.2, -0.15) is 0 Å². The molecule has 3 aliphatic rings. The summed E-state index contributed by atoms with van der Waals surface area (Å²) < 4.78 is 5.97. The summed E-state index contributed by atoms with van der Waals surface area (Å²) in [6.45, 7) is 3.96. The minimum Gasteiger partial charge on any atom is -0.368 e. The fourth-order valence-corrected chi connectivity index (χ4v) is 4.61. The molecule has 2 saturated heterocycles. The Morgan fingerprint density at radius 1 is 1.07 bits per heavy atom. The summed E-state index contributed by atoms with van der Waals surface area (Å²) in [6, 6.07) is 1.93. The van der Waals surface area contributed by atoms with Crippen LogP contribution in [-0.2, 0) is 9.53 Å². The Hall–Kier alpha value is -1.69. The third-order valence-electron chi connectivity index (χ3n) is 6.24. The molecule has 1 atom stereocenters. The molecular weight excluding hydrogens is 340 g/mol. The van der Waals surface area contributed by atoms with E-state index in [1.807, 2.05) is 17.2 Å². The molecule has 4 rings (SSSR count). The van der Waals surface area contributed by atoms with E-state index in [9.17, 15) is 4.79 Å². The lowest BCUT2D eigenvalue weighted by Gasteiger charge is -2.33. The molecule has 3 heterocycles. The monoisotopic (exact) mass is 372 g/mol. The van der Waals surface area contributed by atoms with Crippen LogP contribution < -0.4 is 4.90 Å². The van der Waals surface area contributed by atoms with Gasteiger partial charge in [0.25, 0.3) is 0 Å². The van der Waals surface area contributed by atoms with Crippen LogP contribution >= 0.6 is 0 Å². The number of rotatable bonds is 4. The molecule has 3 fully saturated rings. The Balaban J connectivity index is 1.37. The van der Waals surface area contributed by atoms with Crippen molar-refractivity contribution in [3.05, 3.63) is 18.0 Å². The number of carbonyl (C=O) groups is 1. The van der Waals surface area contributed by atoms with Crippen LogP contribution in [-0.4, -0.2) is 53.6 Å². The van der Waals surface area contributed by atoms with Gasteiger partial charge >= 0.3 is 0 Å². The van der Waals surface area contributed by atoms with Crippen molar-refractivity contribution in [2.45, 2.75) is 63.9 Å². The highest BCUT2D eigenvalue weighted by molar-refractivity contribution is 5.76. The first-order valence-electron chi connectivity index (χ1n) is 10.8. The van der Waals surface area contributed by atoms with Crippen molar-refractivity contribution in [2.75, 3.05) is 37.7 Å². The summed E-state index contributed by atoms with van der Waals surface area (Å²) >= 11 is 0. The maximum Gasteiger partial charge on any atom is 0.225 e. The summed E-state index contributed by atoms with van der Waals surface area (Å²) in [7, 11) is 0. The highest BCUT2D eigenvalue weighted by Crippen LogP contribution is 2.28. The molecule has 1 unspecified atom stereocenters. The van der Waals surface area contributed by atoms with Crippen molar-refractivity contribution in [3.8, 4) is 0 Å². The van der Waals surface area contributed by atoms with Gasteiger partial charge in [0, 0.05) is 32.3 Å². The lowest BCUT2D eigenvalue weighted by atomic mass is 9.96. The second-order valence-electron chi connectivity index (χ2n) is 8.24. The largest absolute Gasteiger partial charge is 0.368 e. The molecule has 0 bridgehead atoms. The number of hydrogen-bond donors (Lipinski definition) is 0. The number of nitrogens with zero attached hydrogens (tertiary/aromatic N) is 4. The Kier molecular flexibility index (Phi) is 6.22. The molecule has 0 aromatic carbocycles. The predicted molar refractivity (Wildman–Crippen MR) is 105 cm³/mol. The van der Waals surface area contributed by atoms with Crippen LogP contribution in [0.3, 0.4) is 0 Å². The first kappa shape index (κ1) is 18.7. The van der Waals surface area contributed by atoms with E-state index in [1.54, 1.807) is 0 Å². The third kappa shape index (κ3) is 4.78. The van der Waals surface area contributed by atoms with Gasteiger partial charge in [-0.15, -0.1) is 0 Å². The number of aromatic nitrogens is 2. The number of anilines is 1. The minimum absolute atomic E-state index is 0.138. The predicted octanol–water partition coefficient (Wildman–Crippen LogP) is 3.34. The lowest BCUT2D eigenvalue weighted by Crippen LogP contribution is -2.43. The van der Waals surface area contributed by atoms with E-state index in [0.29, 0.717) is 37.9 Å². The molecule has 0 N–H and O–H groups in total. The van der Waals surface area contributed by atoms with Crippen molar-refractivity contribution in [2.24, 2.45) is 5.92 Å². The average Bonchev–Trinajstić information content (AvgIpc) is 3.14. The van der Waals surface area contributed by atoms with E-state index in [0.717, 1.165) is 24.7 Å². The van der Waals surface area contributed by atoms with Gasteiger partial charge in [-0.1, -0.05) is 25.7 Å². The van der Waals surface area contributed by atoms with Crippen molar-refractivity contribution in [1.82, 2.24) is 14.9 Å². The van der Waals surface area contributed by atoms with Gasteiger partial charge < -0.3 is 14.5 Å². The molecule has 0 radical (unpaired) electrons. The second kappa shape index (κ2) is 9.00. The zero-order chi connectivity index (χ0) is 18.5. The molecule has 1 amide bonds. The van der Waals surface area contributed by atoms with Gasteiger partial charge in [0.15, 0.2) is 0 Å². The van der Waals surface area contributed by atoms with Crippen LogP contribution in [0, 0.1) is 5.92 Å². The zero-order valence-electron chi connectivity index (χ0n) is 16.3. The van der Waals surface area contributed by atoms with Crippen LogP contribution in [0.4, 0.5) is 5.95 Å². The standard InChI is InChI=1S/C21H32N4O2/c26-20(15-17-7-3-1-2-4-8-17)25-13-14-27-19(16-25)18-9-10-22-21(23-18)24-11-5-6-12-24/h9-10,17,19H,1-8,11-16H2. The molecule has 1 aromatic heterocycles. The number of carbonyl (C=O) groups excluding carboxylic acids is 1. The summed E-state index contributed by atoms with van der Waals surface area (Å²) in [5.74, 6) is 1.67. The fourth-order valence-electron chi connectivity index (χ4n) is 4.61. The first-order valence-corrected chi connectivity index (χ1v) is 10.8. The first-order chi connectivity index (χ1) is 13.3. The van der Waals surface area contributed by atoms with Gasteiger partial charge in [-0.25, -0.2) is 9.97 Å². The van der Waals surface area contributed by atoms with Crippen molar-refractivity contribution in [3.63, 3.8) is 0 Å². The second-order valence-corrected chi connectivity index (χ2v) is 8.24. The van der Waals surface area contributed by atoms with E-state index in [4.69, 9.17) is 9.72 Å². The van der Waals surface area contributed by atoms with Crippen LogP contribution in [0.5, 0.6) is 0 Å². The minimum atomic E-state index is -0.138. The molecule has 1 aliphatic carbocycles. The topological polar surface area (TPSA) is 58.6 Å². The Morgan fingerprint density at radius 2 is 1.85 bits per heavy atom.